The maximum atomic E-state index is 8.98. The van der Waals surface area contributed by atoms with Crippen LogP contribution in [0, 0.1) is 11.8 Å². The molecule has 0 aliphatic heterocycles. The van der Waals surface area contributed by atoms with Gasteiger partial charge < -0.3 is 10.8 Å². The van der Waals surface area contributed by atoms with E-state index in [4.69, 9.17) is 10.8 Å². The highest BCUT2D eigenvalue weighted by molar-refractivity contribution is 5.36. The molecule has 0 amide bonds. The predicted molar refractivity (Wildman–Crippen MR) is 51.6 cm³/mol. The first kappa shape index (κ1) is 10.8. The third-order valence-corrected chi connectivity index (χ3v) is 1.22. The summed E-state index contributed by atoms with van der Waals surface area (Å²) in [6, 6.07) is 0. The van der Waals surface area contributed by atoms with E-state index in [0.29, 0.717) is 18.7 Å². The third kappa shape index (κ3) is 3.85. The monoisotopic (exact) mass is 165 g/mol. The van der Waals surface area contributed by atoms with E-state index in [-0.39, 0.29) is 0 Å². The van der Waals surface area contributed by atoms with Gasteiger partial charge in [-0.2, -0.15) is 0 Å². The van der Waals surface area contributed by atoms with E-state index in [1.165, 1.54) is 0 Å². The van der Waals surface area contributed by atoms with Crippen LogP contribution in [0.2, 0.25) is 0 Å². The molecule has 12 heavy (non-hydrogen) atoms. The smallest absolute Gasteiger partial charge is 0.104 e. The van der Waals surface area contributed by atoms with Crippen LogP contribution in [0.5, 0.6) is 0 Å². The second-order valence-electron chi connectivity index (χ2n) is 2.03. The maximum Gasteiger partial charge on any atom is 0.104 e. The highest BCUT2D eigenvalue weighted by Gasteiger charge is 1.93. The Hall–Kier alpha value is -1.20. The molecule has 1 aliphatic rings. The Morgan fingerprint density at radius 2 is 2.17 bits per heavy atom. The maximum absolute atomic E-state index is 8.98. The van der Waals surface area contributed by atoms with Crippen LogP contribution in [-0.4, -0.2) is 11.7 Å². The zero-order valence-electron chi connectivity index (χ0n) is 7.59. The van der Waals surface area contributed by atoms with E-state index in [1.807, 2.05) is 13.8 Å². The van der Waals surface area contributed by atoms with Crippen molar-refractivity contribution in [2.24, 2.45) is 5.73 Å². The molecule has 0 spiro atoms. The Morgan fingerprint density at radius 3 is 2.75 bits per heavy atom. The van der Waals surface area contributed by atoms with Gasteiger partial charge in [-0.05, 0) is 12.2 Å². The van der Waals surface area contributed by atoms with Gasteiger partial charge in [-0.1, -0.05) is 25.7 Å². The lowest BCUT2D eigenvalue weighted by Gasteiger charge is -1.87. The molecule has 0 aromatic heterocycles. The summed E-state index contributed by atoms with van der Waals surface area (Å²) in [7, 11) is 0. The number of aliphatic hydroxyl groups is 1. The van der Waals surface area contributed by atoms with Crippen molar-refractivity contribution in [1.29, 1.82) is 0 Å². The Kier molecular flexibility index (Phi) is 5.86. The SMILES string of the molecule is CC.NCC1=CC=C(O)CC#C1. The lowest BCUT2D eigenvalue weighted by molar-refractivity contribution is 0.403. The van der Waals surface area contributed by atoms with Crippen molar-refractivity contribution >= 4 is 0 Å². The summed E-state index contributed by atoms with van der Waals surface area (Å²) in [5.74, 6) is 5.92. The van der Waals surface area contributed by atoms with Crippen LogP contribution in [0.25, 0.3) is 0 Å². The van der Waals surface area contributed by atoms with Crippen molar-refractivity contribution in [1.82, 2.24) is 0 Å². The summed E-state index contributed by atoms with van der Waals surface area (Å²) in [4.78, 5) is 0. The summed E-state index contributed by atoms with van der Waals surface area (Å²) in [5.41, 5.74) is 6.20. The zero-order chi connectivity index (χ0) is 9.40. The molecule has 66 valence electrons. The predicted octanol–water partition coefficient (Wildman–Crippen LogP) is 1.75. The molecule has 2 heteroatoms. The van der Waals surface area contributed by atoms with E-state index in [2.05, 4.69) is 11.8 Å². The van der Waals surface area contributed by atoms with E-state index < -0.39 is 0 Å². The largest absolute Gasteiger partial charge is 0.511 e. The third-order valence-electron chi connectivity index (χ3n) is 1.22. The number of nitrogens with two attached hydrogens (primary N) is 1. The van der Waals surface area contributed by atoms with E-state index in [0.717, 1.165) is 5.57 Å². The van der Waals surface area contributed by atoms with Gasteiger partial charge in [0.1, 0.15) is 5.76 Å². The fourth-order valence-corrected chi connectivity index (χ4v) is 0.665. The van der Waals surface area contributed by atoms with Crippen molar-refractivity contribution in [3.8, 4) is 11.8 Å². The van der Waals surface area contributed by atoms with Crippen LogP contribution < -0.4 is 5.73 Å². The van der Waals surface area contributed by atoms with E-state index in [9.17, 15) is 0 Å². The van der Waals surface area contributed by atoms with Gasteiger partial charge in [0.25, 0.3) is 0 Å². The Bertz CT molecular complexity index is 240. The molecule has 0 aromatic carbocycles. The fraction of sp³-hybridized carbons (Fsp3) is 0.400. The number of hydrogen-bond donors (Lipinski definition) is 2. The molecular weight excluding hydrogens is 150 g/mol. The average Bonchev–Trinajstić information content (AvgIpc) is 2.33. The topological polar surface area (TPSA) is 46.2 Å². The molecule has 2 nitrogen and oxygen atoms in total. The quantitative estimate of drug-likeness (QED) is 0.581. The van der Waals surface area contributed by atoms with Gasteiger partial charge in [0, 0.05) is 12.1 Å². The standard InChI is InChI=1S/C8H9NO.C2H6/c9-6-7-2-1-3-8(10)5-4-7;1-2/h4-5,10H,3,6,9H2;1-2H3. The number of aliphatic hydroxyl groups excluding tert-OH is 1. The van der Waals surface area contributed by atoms with Crippen LogP contribution in [0.4, 0.5) is 0 Å². The summed E-state index contributed by atoms with van der Waals surface area (Å²) in [6.45, 7) is 4.44. The van der Waals surface area contributed by atoms with Crippen LogP contribution in [0.1, 0.15) is 20.3 Å². The van der Waals surface area contributed by atoms with Crippen molar-refractivity contribution in [3.05, 3.63) is 23.5 Å². The summed E-state index contributed by atoms with van der Waals surface area (Å²) >= 11 is 0. The lowest BCUT2D eigenvalue weighted by atomic mass is 10.2. The minimum atomic E-state index is 0.302. The fourth-order valence-electron chi connectivity index (χ4n) is 0.665. The Balaban J connectivity index is 0.000000561. The molecule has 1 rings (SSSR count). The molecule has 0 atom stereocenters. The minimum Gasteiger partial charge on any atom is -0.511 e. The average molecular weight is 165 g/mol. The molecule has 0 radical (unpaired) electrons. The summed E-state index contributed by atoms with van der Waals surface area (Å²) < 4.78 is 0. The number of hydrogen-bond acceptors (Lipinski definition) is 2. The van der Waals surface area contributed by atoms with Crippen molar-refractivity contribution in [2.45, 2.75) is 20.3 Å². The van der Waals surface area contributed by atoms with Gasteiger partial charge in [0.2, 0.25) is 0 Å². The Labute approximate surface area is 73.8 Å². The van der Waals surface area contributed by atoms with Gasteiger partial charge in [-0.15, -0.1) is 0 Å². The van der Waals surface area contributed by atoms with Gasteiger partial charge in [0.05, 0.1) is 6.42 Å². The molecule has 0 bridgehead atoms. The molecule has 0 saturated heterocycles. The first-order valence-electron chi connectivity index (χ1n) is 4.10. The van der Waals surface area contributed by atoms with Crippen LogP contribution in [0.15, 0.2) is 23.5 Å². The van der Waals surface area contributed by atoms with Gasteiger partial charge >= 0.3 is 0 Å². The highest BCUT2D eigenvalue weighted by atomic mass is 16.3. The molecule has 0 aromatic rings. The molecular formula is C10H15NO. The first-order chi connectivity index (χ1) is 5.83. The van der Waals surface area contributed by atoms with E-state index >= 15 is 0 Å². The van der Waals surface area contributed by atoms with Gasteiger partial charge in [-0.25, -0.2) is 0 Å². The van der Waals surface area contributed by atoms with Crippen molar-refractivity contribution < 1.29 is 5.11 Å². The van der Waals surface area contributed by atoms with Crippen molar-refractivity contribution in [2.75, 3.05) is 6.54 Å². The van der Waals surface area contributed by atoms with Gasteiger partial charge in [-0.3, -0.25) is 0 Å². The normalized spacial score (nSPS) is 13.9. The Morgan fingerprint density at radius 1 is 1.50 bits per heavy atom. The van der Waals surface area contributed by atoms with Crippen LogP contribution in [-0.2, 0) is 0 Å². The summed E-state index contributed by atoms with van der Waals surface area (Å²) in [6.07, 6.45) is 3.80. The second kappa shape index (κ2) is 6.51. The lowest BCUT2D eigenvalue weighted by Crippen LogP contribution is -2.00. The van der Waals surface area contributed by atoms with Crippen LogP contribution >= 0.6 is 0 Å². The zero-order valence-corrected chi connectivity index (χ0v) is 7.59. The molecule has 0 unspecified atom stereocenters. The minimum absolute atomic E-state index is 0.302. The molecule has 0 fully saturated rings. The molecule has 1 aliphatic carbocycles. The highest BCUT2D eigenvalue weighted by Crippen LogP contribution is 2.01. The molecule has 3 N–H and O–H groups in total. The molecule has 0 saturated carbocycles. The molecule has 0 heterocycles. The first-order valence-corrected chi connectivity index (χ1v) is 4.10. The second-order valence-corrected chi connectivity index (χ2v) is 2.03. The summed E-state index contributed by atoms with van der Waals surface area (Å²) in [5, 5.41) is 8.98. The van der Waals surface area contributed by atoms with Gasteiger partial charge in [0.15, 0.2) is 0 Å². The van der Waals surface area contributed by atoms with E-state index in [1.54, 1.807) is 12.2 Å². The number of allylic oxidation sites excluding steroid dienone is 3. The number of rotatable bonds is 1. The van der Waals surface area contributed by atoms with Crippen molar-refractivity contribution in [3.63, 3.8) is 0 Å². The van der Waals surface area contributed by atoms with Crippen LogP contribution in [0.3, 0.4) is 0 Å².